The molecule has 0 fully saturated rings. The van der Waals surface area contributed by atoms with Gasteiger partial charge in [0.15, 0.2) is 0 Å². The Labute approximate surface area is 95.2 Å². The van der Waals surface area contributed by atoms with Crippen LogP contribution in [0.25, 0.3) is 10.8 Å². The lowest BCUT2D eigenvalue weighted by Gasteiger charge is -2.08. The lowest BCUT2D eigenvalue weighted by molar-refractivity contribution is 0.591. The van der Waals surface area contributed by atoms with Gasteiger partial charge in [0.2, 0.25) is 10.0 Å². The lowest BCUT2D eigenvalue weighted by Crippen LogP contribution is -2.16. The Morgan fingerprint density at radius 3 is 2.31 bits per heavy atom. The second-order valence-electron chi connectivity index (χ2n) is 3.57. The number of sulfonamides is 1. The number of hydrogen-bond donors (Lipinski definition) is 1. The topological polar surface area (TPSA) is 46.2 Å². The van der Waals surface area contributed by atoms with Gasteiger partial charge in [-0.15, -0.1) is 0 Å². The van der Waals surface area contributed by atoms with Crippen LogP contribution in [0, 0.1) is 14.0 Å². The molecule has 0 aliphatic rings. The number of benzene rings is 2. The summed E-state index contributed by atoms with van der Waals surface area (Å²) in [5.74, 6) is 0. The molecule has 16 heavy (non-hydrogen) atoms. The number of nitrogens with one attached hydrogen (secondary N) is 1. The highest BCUT2D eigenvalue weighted by Crippen LogP contribution is 2.25. The molecule has 0 saturated heterocycles. The Balaban J connectivity index is 2.88. The first-order valence-electron chi connectivity index (χ1n) is 4.83. The summed E-state index contributed by atoms with van der Waals surface area (Å²) in [4.78, 5) is 0.267. The van der Waals surface area contributed by atoms with Crippen LogP contribution in [-0.2, 0) is 10.0 Å². The molecule has 83 valence electrons. The minimum absolute atomic E-state index is 0.267. The number of hydrogen-bond acceptors (Lipinski definition) is 2. The molecule has 0 spiro atoms. The number of aryl methyl sites for hydroxylation is 1. The Bertz CT molecular complexity index is 633. The third kappa shape index (κ3) is 1.70. The average Bonchev–Trinajstić information content (AvgIpc) is 2.29. The molecule has 4 heteroatoms. The monoisotopic (exact) mass is 234 g/mol. The third-order valence-electron chi connectivity index (χ3n) is 2.58. The summed E-state index contributed by atoms with van der Waals surface area (Å²) in [5, 5.41) is 1.66. The molecule has 0 aliphatic heterocycles. The lowest BCUT2D eigenvalue weighted by atomic mass is 10.1. The quantitative estimate of drug-likeness (QED) is 0.866. The van der Waals surface area contributed by atoms with Gasteiger partial charge in [0.1, 0.15) is 0 Å². The zero-order chi connectivity index (χ0) is 11.8. The summed E-state index contributed by atoms with van der Waals surface area (Å²) in [6.45, 7) is 1.95. The van der Waals surface area contributed by atoms with Crippen LogP contribution < -0.4 is 4.72 Å². The summed E-state index contributed by atoms with van der Waals surface area (Å²) in [7, 11) is -0.278. The number of rotatable bonds is 2. The summed E-state index contributed by atoms with van der Waals surface area (Å²) in [5.41, 5.74) is 1.05. The molecule has 2 aromatic carbocycles. The molecular formula is C12H12NO2S. The van der Waals surface area contributed by atoms with Gasteiger partial charge in [-0.1, -0.05) is 30.3 Å². The molecule has 0 bridgehead atoms. The fraction of sp³-hybridized carbons (Fsp3) is 0.0833. The van der Waals surface area contributed by atoms with Gasteiger partial charge in [0.05, 0.1) is 4.90 Å². The maximum absolute atomic E-state index is 11.8. The first-order chi connectivity index (χ1) is 7.56. The maximum atomic E-state index is 11.8. The Morgan fingerprint density at radius 1 is 1.06 bits per heavy atom. The first-order valence-corrected chi connectivity index (χ1v) is 6.32. The van der Waals surface area contributed by atoms with Gasteiger partial charge in [-0.25, -0.2) is 13.1 Å². The molecule has 0 saturated carbocycles. The van der Waals surface area contributed by atoms with Gasteiger partial charge >= 0.3 is 0 Å². The van der Waals surface area contributed by atoms with Crippen molar-refractivity contribution in [3.8, 4) is 0 Å². The fourth-order valence-electron chi connectivity index (χ4n) is 1.73. The van der Waals surface area contributed by atoms with Crippen molar-refractivity contribution in [1.29, 1.82) is 0 Å². The highest BCUT2D eigenvalue weighted by Gasteiger charge is 2.15. The molecule has 0 aliphatic carbocycles. The Hall–Kier alpha value is -1.39. The molecule has 3 nitrogen and oxygen atoms in total. The summed E-state index contributed by atoms with van der Waals surface area (Å²) < 4.78 is 25.6. The van der Waals surface area contributed by atoms with Crippen LogP contribution >= 0.6 is 0 Å². The number of fused-ring (bicyclic) bond motifs is 1. The van der Waals surface area contributed by atoms with Crippen LogP contribution in [0.5, 0.6) is 0 Å². The Kier molecular flexibility index (Phi) is 2.69. The van der Waals surface area contributed by atoms with E-state index in [0.717, 1.165) is 16.3 Å². The SMILES string of the molecule is [CH2]NS(=O)(=O)c1ccc(C)c2ccccc12. The van der Waals surface area contributed by atoms with E-state index in [-0.39, 0.29) is 4.90 Å². The van der Waals surface area contributed by atoms with Crippen LogP contribution in [0.3, 0.4) is 0 Å². The third-order valence-corrected chi connectivity index (χ3v) is 3.90. The average molecular weight is 234 g/mol. The van der Waals surface area contributed by atoms with Crippen molar-refractivity contribution < 1.29 is 8.42 Å². The van der Waals surface area contributed by atoms with Crippen molar-refractivity contribution in [2.75, 3.05) is 0 Å². The summed E-state index contributed by atoms with van der Waals surface area (Å²) in [6.07, 6.45) is 0. The van der Waals surface area contributed by atoms with Crippen molar-refractivity contribution in [3.63, 3.8) is 0 Å². The van der Waals surface area contributed by atoms with Gasteiger partial charge in [0.25, 0.3) is 0 Å². The van der Waals surface area contributed by atoms with Crippen molar-refractivity contribution in [1.82, 2.24) is 4.72 Å². The molecule has 0 unspecified atom stereocenters. The second kappa shape index (κ2) is 3.88. The summed E-state index contributed by atoms with van der Waals surface area (Å²) in [6, 6.07) is 10.8. The van der Waals surface area contributed by atoms with Crippen molar-refractivity contribution in [2.24, 2.45) is 0 Å². The highest BCUT2D eigenvalue weighted by atomic mass is 32.2. The van der Waals surface area contributed by atoms with Crippen LogP contribution in [0.1, 0.15) is 5.56 Å². The predicted octanol–water partition coefficient (Wildman–Crippen LogP) is 2.22. The normalized spacial score (nSPS) is 11.9. The van der Waals surface area contributed by atoms with E-state index in [4.69, 9.17) is 0 Å². The van der Waals surface area contributed by atoms with E-state index in [2.05, 4.69) is 11.8 Å². The largest absolute Gasteiger partial charge is 0.241 e. The minimum Gasteiger partial charge on any atom is -0.210 e. The van der Waals surface area contributed by atoms with E-state index in [9.17, 15) is 8.42 Å². The second-order valence-corrected chi connectivity index (χ2v) is 5.31. The fourth-order valence-corrected chi connectivity index (χ4v) is 2.60. The van der Waals surface area contributed by atoms with Crippen LogP contribution in [0.2, 0.25) is 0 Å². The minimum atomic E-state index is -3.50. The van der Waals surface area contributed by atoms with E-state index < -0.39 is 10.0 Å². The molecule has 0 aromatic heterocycles. The molecule has 2 aromatic rings. The zero-order valence-corrected chi connectivity index (χ0v) is 9.71. The smallest absolute Gasteiger partial charge is 0.210 e. The van der Waals surface area contributed by atoms with Crippen LogP contribution in [0.15, 0.2) is 41.3 Å². The van der Waals surface area contributed by atoms with Crippen LogP contribution in [-0.4, -0.2) is 8.42 Å². The van der Waals surface area contributed by atoms with E-state index in [0.29, 0.717) is 0 Å². The maximum Gasteiger partial charge on any atom is 0.241 e. The molecule has 1 radical (unpaired) electrons. The van der Waals surface area contributed by atoms with E-state index in [1.165, 1.54) is 0 Å². The van der Waals surface area contributed by atoms with Gasteiger partial charge in [-0.2, -0.15) is 0 Å². The van der Waals surface area contributed by atoms with Crippen molar-refractivity contribution in [2.45, 2.75) is 11.8 Å². The molecule has 0 atom stereocenters. The predicted molar refractivity (Wildman–Crippen MR) is 64.4 cm³/mol. The molecular weight excluding hydrogens is 222 g/mol. The molecule has 0 heterocycles. The molecule has 1 N–H and O–H groups in total. The van der Waals surface area contributed by atoms with E-state index in [1.807, 2.05) is 25.1 Å². The molecule has 0 amide bonds. The standard InChI is InChI=1S/C12H12NO2S/c1-9-7-8-12(16(14,15)13-2)11-6-4-3-5-10(9)11/h3-8,13H,2H2,1H3. The van der Waals surface area contributed by atoms with Crippen molar-refractivity contribution in [3.05, 3.63) is 49.0 Å². The van der Waals surface area contributed by atoms with E-state index >= 15 is 0 Å². The highest BCUT2D eigenvalue weighted by molar-refractivity contribution is 7.89. The van der Waals surface area contributed by atoms with Gasteiger partial charge < -0.3 is 0 Å². The van der Waals surface area contributed by atoms with Crippen LogP contribution in [0.4, 0.5) is 0 Å². The van der Waals surface area contributed by atoms with E-state index in [1.54, 1.807) is 18.2 Å². The van der Waals surface area contributed by atoms with Crippen molar-refractivity contribution >= 4 is 20.8 Å². The van der Waals surface area contributed by atoms with Gasteiger partial charge in [0, 0.05) is 12.4 Å². The summed E-state index contributed by atoms with van der Waals surface area (Å²) >= 11 is 0. The molecule has 2 rings (SSSR count). The zero-order valence-electron chi connectivity index (χ0n) is 8.90. The van der Waals surface area contributed by atoms with Gasteiger partial charge in [-0.3, -0.25) is 0 Å². The Morgan fingerprint density at radius 2 is 1.69 bits per heavy atom. The first kappa shape index (κ1) is 11.1. The van der Waals surface area contributed by atoms with Gasteiger partial charge in [-0.05, 0) is 23.9 Å².